The van der Waals surface area contributed by atoms with E-state index in [1.165, 1.54) is 19.9 Å². The number of carbonyl (C=O) groups is 2. The summed E-state index contributed by atoms with van der Waals surface area (Å²) < 4.78 is 13.2. The second-order valence-corrected chi connectivity index (χ2v) is 2.97. The van der Waals surface area contributed by atoms with E-state index in [2.05, 4.69) is 5.32 Å². The maximum atomic E-state index is 13.2. The van der Waals surface area contributed by atoms with Crippen LogP contribution in [-0.2, 0) is 4.79 Å². The van der Waals surface area contributed by atoms with E-state index in [0.29, 0.717) is 17.5 Å². The molecule has 0 aliphatic rings. The first kappa shape index (κ1) is 10.4. The minimum absolute atomic E-state index is 0.205. The Kier molecular flexibility index (Phi) is 2.96. The van der Waals surface area contributed by atoms with E-state index in [1.54, 1.807) is 0 Å². The van der Waals surface area contributed by atoms with Gasteiger partial charge in [0.15, 0.2) is 0 Å². The van der Waals surface area contributed by atoms with Gasteiger partial charge >= 0.3 is 0 Å². The van der Waals surface area contributed by atoms with Gasteiger partial charge in [-0.15, -0.1) is 0 Å². The summed E-state index contributed by atoms with van der Waals surface area (Å²) in [5, 5.41) is 2.45. The van der Waals surface area contributed by atoms with Gasteiger partial charge < -0.3 is 5.32 Å². The predicted molar refractivity (Wildman–Crippen MR) is 50.8 cm³/mol. The highest BCUT2D eigenvalue weighted by atomic mass is 19.1. The summed E-state index contributed by atoms with van der Waals surface area (Å²) in [6, 6.07) is 2.57. The van der Waals surface area contributed by atoms with Crippen LogP contribution in [0, 0.1) is 12.7 Å². The molecule has 0 saturated carbocycles. The summed E-state index contributed by atoms with van der Waals surface area (Å²) in [4.78, 5) is 21.2. The van der Waals surface area contributed by atoms with Crippen LogP contribution in [0.15, 0.2) is 12.1 Å². The average Bonchev–Trinajstić information content (AvgIpc) is 2.11. The van der Waals surface area contributed by atoms with Gasteiger partial charge in [0.25, 0.3) is 0 Å². The monoisotopic (exact) mass is 195 g/mol. The molecule has 1 rings (SSSR count). The molecule has 0 aliphatic carbocycles. The fourth-order valence-electron chi connectivity index (χ4n) is 1.09. The second-order valence-electron chi connectivity index (χ2n) is 2.97. The number of nitrogens with one attached hydrogen (secondary N) is 1. The fraction of sp³-hybridized carbons (Fsp3) is 0.200. The molecule has 0 spiro atoms. The number of halogens is 1. The lowest BCUT2D eigenvalue weighted by Crippen LogP contribution is -2.08. The normalized spacial score (nSPS) is 9.64. The molecule has 0 saturated heterocycles. The van der Waals surface area contributed by atoms with Crippen molar-refractivity contribution in [3.05, 3.63) is 29.1 Å². The zero-order chi connectivity index (χ0) is 10.7. The minimum atomic E-state index is -0.502. The average molecular weight is 195 g/mol. The summed E-state index contributed by atoms with van der Waals surface area (Å²) in [5.74, 6) is -0.797. The minimum Gasteiger partial charge on any atom is -0.326 e. The molecule has 4 heteroatoms. The van der Waals surface area contributed by atoms with Gasteiger partial charge in [0.1, 0.15) is 12.1 Å². The Morgan fingerprint density at radius 1 is 1.50 bits per heavy atom. The van der Waals surface area contributed by atoms with Crippen LogP contribution in [-0.4, -0.2) is 12.2 Å². The van der Waals surface area contributed by atoms with Gasteiger partial charge in [-0.3, -0.25) is 9.59 Å². The molecule has 1 aromatic rings. The number of hydrogen-bond acceptors (Lipinski definition) is 2. The molecule has 0 heterocycles. The van der Waals surface area contributed by atoms with Gasteiger partial charge in [0.05, 0.1) is 0 Å². The molecule has 0 radical (unpaired) electrons. The lowest BCUT2D eigenvalue weighted by molar-refractivity contribution is -0.114. The van der Waals surface area contributed by atoms with Gasteiger partial charge in [0, 0.05) is 23.7 Å². The number of amides is 1. The zero-order valence-electron chi connectivity index (χ0n) is 7.93. The second kappa shape index (κ2) is 4.00. The molecule has 0 unspecified atom stereocenters. The van der Waals surface area contributed by atoms with Crippen molar-refractivity contribution in [3.8, 4) is 0 Å². The third-order valence-electron chi connectivity index (χ3n) is 1.81. The molecule has 1 amide bonds. The van der Waals surface area contributed by atoms with Crippen LogP contribution in [0.1, 0.15) is 22.8 Å². The first-order chi connectivity index (χ1) is 6.54. The summed E-state index contributed by atoms with van der Waals surface area (Å²) in [7, 11) is 0. The lowest BCUT2D eigenvalue weighted by Gasteiger charge is -2.07. The van der Waals surface area contributed by atoms with E-state index in [4.69, 9.17) is 0 Å². The van der Waals surface area contributed by atoms with E-state index in [0.717, 1.165) is 6.07 Å². The van der Waals surface area contributed by atoms with Crippen molar-refractivity contribution < 1.29 is 14.0 Å². The van der Waals surface area contributed by atoms with Crippen LogP contribution < -0.4 is 5.32 Å². The molecule has 74 valence electrons. The summed E-state index contributed by atoms with van der Waals surface area (Å²) in [6.45, 7) is 2.86. The maximum absolute atomic E-state index is 13.2. The van der Waals surface area contributed by atoms with Crippen LogP contribution >= 0.6 is 0 Å². The Hall–Kier alpha value is -1.71. The Bertz CT molecular complexity index is 388. The highest BCUT2D eigenvalue weighted by Crippen LogP contribution is 2.19. The fourth-order valence-corrected chi connectivity index (χ4v) is 1.09. The van der Waals surface area contributed by atoms with Crippen molar-refractivity contribution in [2.75, 3.05) is 5.32 Å². The van der Waals surface area contributed by atoms with Gasteiger partial charge in [-0.2, -0.15) is 0 Å². The third kappa shape index (κ3) is 2.16. The Morgan fingerprint density at radius 2 is 2.14 bits per heavy atom. The van der Waals surface area contributed by atoms with E-state index in [-0.39, 0.29) is 11.5 Å². The van der Waals surface area contributed by atoms with E-state index >= 15 is 0 Å². The molecular weight excluding hydrogens is 185 g/mol. The van der Waals surface area contributed by atoms with E-state index in [1.807, 2.05) is 0 Å². The smallest absolute Gasteiger partial charge is 0.221 e. The molecular formula is C10H10FNO2. The van der Waals surface area contributed by atoms with Crippen molar-refractivity contribution in [2.24, 2.45) is 0 Å². The van der Waals surface area contributed by atoms with Crippen molar-refractivity contribution in [3.63, 3.8) is 0 Å². The number of anilines is 1. The summed E-state index contributed by atoms with van der Waals surface area (Å²) in [5.41, 5.74) is 0.863. The molecule has 1 N–H and O–H groups in total. The number of carbonyl (C=O) groups excluding carboxylic acids is 2. The highest BCUT2D eigenvalue weighted by Gasteiger charge is 2.07. The van der Waals surface area contributed by atoms with Crippen LogP contribution in [0.25, 0.3) is 0 Å². The van der Waals surface area contributed by atoms with Crippen LogP contribution in [0.2, 0.25) is 0 Å². The Morgan fingerprint density at radius 3 is 2.64 bits per heavy atom. The lowest BCUT2D eigenvalue weighted by atomic mass is 10.1. The first-order valence-corrected chi connectivity index (χ1v) is 4.07. The molecule has 0 fully saturated rings. The van der Waals surface area contributed by atoms with Gasteiger partial charge in [-0.05, 0) is 19.1 Å². The Labute approximate surface area is 80.9 Å². The van der Waals surface area contributed by atoms with Gasteiger partial charge in [-0.1, -0.05) is 0 Å². The van der Waals surface area contributed by atoms with Crippen molar-refractivity contribution in [2.45, 2.75) is 13.8 Å². The number of rotatable bonds is 2. The van der Waals surface area contributed by atoms with E-state index < -0.39 is 5.82 Å². The number of hydrogen-bond donors (Lipinski definition) is 1. The predicted octanol–water partition coefficient (Wildman–Crippen LogP) is 1.91. The standard InChI is InChI=1S/C10H10FNO2/c1-6-9(11)3-8(5-13)4-10(6)12-7(2)14/h3-5H,1-2H3,(H,12,14). The Balaban J connectivity index is 3.19. The van der Waals surface area contributed by atoms with Gasteiger partial charge in [-0.25, -0.2) is 4.39 Å². The van der Waals surface area contributed by atoms with Crippen LogP contribution in [0.3, 0.4) is 0 Å². The molecule has 14 heavy (non-hydrogen) atoms. The summed E-state index contributed by atoms with van der Waals surface area (Å²) in [6.07, 6.45) is 0.536. The van der Waals surface area contributed by atoms with Crippen LogP contribution in [0.4, 0.5) is 10.1 Å². The topological polar surface area (TPSA) is 46.2 Å². The molecule has 0 aliphatic heterocycles. The number of aldehydes is 1. The maximum Gasteiger partial charge on any atom is 0.221 e. The van der Waals surface area contributed by atoms with Crippen molar-refractivity contribution in [1.82, 2.24) is 0 Å². The van der Waals surface area contributed by atoms with Crippen LogP contribution in [0.5, 0.6) is 0 Å². The molecule has 0 atom stereocenters. The third-order valence-corrected chi connectivity index (χ3v) is 1.81. The number of benzene rings is 1. The zero-order valence-corrected chi connectivity index (χ0v) is 7.93. The summed E-state index contributed by atoms with van der Waals surface area (Å²) >= 11 is 0. The molecule has 0 aromatic heterocycles. The van der Waals surface area contributed by atoms with E-state index in [9.17, 15) is 14.0 Å². The van der Waals surface area contributed by atoms with Crippen molar-refractivity contribution >= 4 is 17.9 Å². The largest absolute Gasteiger partial charge is 0.326 e. The molecule has 0 bridgehead atoms. The quantitative estimate of drug-likeness (QED) is 0.732. The van der Waals surface area contributed by atoms with Crippen molar-refractivity contribution in [1.29, 1.82) is 0 Å². The molecule has 1 aromatic carbocycles. The van der Waals surface area contributed by atoms with Gasteiger partial charge in [0.2, 0.25) is 5.91 Å². The highest BCUT2D eigenvalue weighted by molar-refractivity contribution is 5.91. The molecule has 3 nitrogen and oxygen atoms in total. The first-order valence-electron chi connectivity index (χ1n) is 4.07. The SMILES string of the molecule is CC(=O)Nc1cc(C=O)cc(F)c1C.